The van der Waals surface area contributed by atoms with Crippen LogP contribution < -0.4 is 5.32 Å². The lowest BCUT2D eigenvalue weighted by molar-refractivity contribution is 0.0543. The molecule has 2 rings (SSSR count). The molecule has 0 aromatic heterocycles. The summed E-state index contributed by atoms with van der Waals surface area (Å²) in [5.74, 6) is 0.113. The molecule has 98 valence electrons. The zero-order valence-electron chi connectivity index (χ0n) is 10.4. The molecule has 0 saturated carbocycles. The standard InChI is InChI=1S/C13H16BrIN2O/c1-8-6-16-7-9(2)17(8)13(18)11-5-10(15)3-4-12(11)14/h3-5,8-9,16H,6-7H2,1-2H3. The van der Waals surface area contributed by atoms with E-state index in [1.54, 1.807) is 0 Å². The minimum atomic E-state index is 0.113. The molecule has 1 aliphatic rings. The second-order valence-electron chi connectivity index (χ2n) is 4.69. The van der Waals surface area contributed by atoms with E-state index in [2.05, 4.69) is 57.7 Å². The molecule has 0 radical (unpaired) electrons. The van der Waals surface area contributed by atoms with Gasteiger partial charge in [-0.1, -0.05) is 0 Å². The predicted octanol–water partition coefficient (Wildman–Crippen LogP) is 2.88. The van der Waals surface area contributed by atoms with Gasteiger partial charge in [0.05, 0.1) is 5.56 Å². The Kier molecular flexibility index (Phi) is 4.66. The van der Waals surface area contributed by atoms with Crippen LogP contribution in [0.1, 0.15) is 24.2 Å². The van der Waals surface area contributed by atoms with Gasteiger partial charge in [0.1, 0.15) is 0 Å². The Hall–Kier alpha value is -0.140. The summed E-state index contributed by atoms with van der Waals surface area (Å²) >= 11 is 5.70. The summed E-state index contributed by atoms with van der Waals surface area (Å²) in [6, 6.07) is 6.32. The van der Waals surface area contributed by atoms with Crippen molar-refractivity contribution in [2.24, 2.45) is 0 Å². The zero-order chi connectivity index (χ0) is 13.3. The smallest absolute Gasteiger partial charge is 0.255 e. The van der Waals surface area contributed by atoms with E-state index in [1.807, 2.05) is 23.1 Å². The SMILES string of the molecule is CC1CNCC(C)N1C(=O)c1cc(I)ccc1Br. The molecule has 1 fully saturated rings. The molecule has 1 saturated heterocycles. The van der Waals surface area contributed by atoms with Gasteiger partial charge in [-0.25, -0.2) is 0 Å². The van der Waals surface area contributed by atoms with Crippen LogP contribution in [-0.4, -0.2) is 36.0 Å². The second-order valence-corrected chi connectivity index (χ2v) is 6.79. The summed E-state index contributed by atoms with van der Waals surface area (Å²) in [6.07, 6.45) is 0. The van der Waals surface area contributed by atoms with E-state index in [-0.39, 0.29) is 18.0 Å². The second kappa shape index (κ2) is 5.88. The summed E-state index contributed by atoms with van der Waals surface area (Å²) in [5.41, 5.74) is 0.752. The van der Waals surface area contributed by atoms with Gasteiger partial charge in [-0.05, 0) is 70.6 Å². The van der Waals surface area contributed by atoms with Gasteiger partial charge >= 0.3 is 0 Å². The number of nitrogens with zero attached hydrogens (tertiary/aromatic N) is 1. The number of rotatable bonds is 1. The molecule has 1 aliphatic heterocycles. The highest BCUT2D eigenvalue weighted by Gasteiger charge is 2.30. The third-order valence-corrected chi connectivity index (χ3v) is 4.59. The molecule has 3 nitrogen and oxygen atoms in total. The van der Waals surface area contributed by atoms with Crippen LogP contribution in [0.5, 0.6) is 0 Å². The molecule has 2 unspecified atom stereocenters. The van der Waals surface area contributed by atoms with Gasteiger partial charge in [0.25, 0.3) is 5.91 Å². The number of hydrogen-bond donors (Lipinski definition) is 1. The maximum atomic E-state index is 12.7. The first kappa shape index (κ1) is 14.3. The van der Waals surface area contributed by atoms with Crippen molar-refractivity contribution in [3.63, 3.8) is 0 Å². The van der Waals surface area contributed by atoms with Gasteiger partial charge in [0.2, 0.25) is 0 Å². The van der Waals surface area contributed by atoms with Gasteiger partial charge in [0.15, 0.2) is 0 Å². The first-order valence-corrected chi connectivity index (χ1v) is 7.86. The number of carbonyl (C=O) groups excluding carboxylic acids is 1. The van der Waals surface area contributed by atoms with Crippen molar-refractivity contribution in [3.05, 3.63) is 31.8 Å². The molecule has 1 N–H and O–H groups in total. The summed E-state index contributed by atoms with van der Waals surface area (Å²) in [7, 11) is 0. The van der Waals surface area contributed by atoms with Gasteiger partial charge in [-0.15, -0.1) is 0 Å². The molecular formula is C13H16BrIN2O. The fourth-order valence-electron chi connectivity index (χ4n) is 2.33. The van der Waals surface area contributed by atoms with Gasteiger partial charge < -0.3 is 10.2 Å². The minimum Gasteiger partial charge on any atom is -0.331 e. The molecule has 0 bridgehead atoms. The van der Waals surface area contributed by atoms with Gasteiger partial charge in [0, 0.05) is 33.2 Å². The van der Waals surface area contributed by atoms with E-state index in [0.717, 1.165) is 26.7 Å². The van der Waals surface area contributed by atoms with Gasteiger partial charge in [-0.3, -0.25) is 4.79 Å². The zero-order valence-corrected chi connectivity index (χ0v) is 14.2. The molecule has 0 spiro atoms. The number of amides is 1. The van der Waals surface area contributed by atoms with Crippen LogP contribution in [0, 0.1) is 3.57 Å². The topological polar surface area (TPSA) is 32.3 Å². The maximum absolute atomic E-state index is 12.7. The van der Waals surface area contributed by atoms with Crippen LogP contribution in [0.3, 0.4) is 0 Å². The van der Waals surface area contributed by atoms with Crippen LogP contribution in [0.4, 0.5) is 0 Å². The van der Waals surface area contributed by atoms with E-state index in [9.17, 15) is 4.79 Å². The summed E-state index contributed by atoms with van der Waals surface area (Å²) in [5, 5.41) is 3.34. The normalized spacial score (nSPS) is 24.1. The number of hydrogen-bond acceptors (Lipinski definition) is 2. The molecule has 2 atom stereocenters. The quantitative estimate of drug-likeness (QED) is 0.706. The van der Waals surface area contributed by atoms with E-state index in [0.29, 0.717) is 0 Å². The Balaban J connectivity index is 2.32. The van der Waals surface area contributed by atoms with Crippen LogP contribution in [0.25, 0.3) is 0 Å². The van der Waals surface area contributed by atoms with Crippen LogP contribution in [0.15, 0.2) is 22.7 Å². The Morgan fingerprint density at radius 1 is 1.39 bits per heavy atom. The van der Waals surface area contributed by atoms with Crippen molar-refractivity contribution in [3.8, 4) is 0 Å². The van der Waals surface area contributed by atoms with E-state index < -0.39 is 0 Å². The Morgan fingerprint density at radius 2 is 2.00 bits per heavy atom. The highest BCUT2D eigenvalue weighted by molar-refractivity contribution is 14.1. The van der Waals surface area contributed by atoms with Crippen molar-refractivity contribution >= 4 is 44.4 Å². The lowest BCUT2D eigenvalue weighted by Crippen LogP contribution is -2.57. The number of carbonyl (C=O) groups is 1. The van der Waals surface area contributed by atoms with Crippen molar-refractivity contribution in [2.75, 3.05) is 13.1 Å². The highest BCUT2D eigenvalue weighted by Crippen LogP contribution is 2.23. The van der Waals surface area contributed by atoms with Crippen molar-refractivity contribution < 1.29 is 4.79 Å². The minimum absolute atomic E-state index is 0.113. The van der Waals surface area contributed by atoms with Crippen molar-refractivity contribution in [2.45, 2.75) is 25.9 Å². The lowest BCUT2D eigenvalue weighted by Gasteiger charge is -2.39. The summed E-state index contributed by atoms with van der Waals surface area (Å²) in [4.78, 5) is 14.6. The summed E-state index contributed by atoms with van der Waals surface area (Å²) < 4.78 is 1.94. The molecule has 1 aromatic rings. The number of piperazine rings is 1. The molecule has 1 aromatic carbocycles. The fourth-order valence-corrected chi connectivity index (χ4v) is 3.24. The van der Waals surface area contributed by atoms with Crippen LogP contribution >= 0.6 is 38.5 Å². The molecule has 1 heterocycles. The monoisotopic (exact) mass is 422 g/mol. The highest BCUT2D eigenvalue weighted by atomic mass is 127. The Labute approximate surface area is 130 Å². The predicted molar refractivity (Wildman–Crippen MR) is 84.8 cm³/mol. The van der Waals surface area contributed by atoms with Crippen LogP contribution in [0.2, 0.25) is 0 Å². The fraction of sp³-hybridized carbons (Fsp3) is 0.462. The van der Waals surface area contributed by atoms with Crippen LogP contribution in [-0.2, 0) is 0 Å². The lowest BCUT2D eigenvalue weighted by atomic mass is 10.1. The average molecular weight is 423 g/mol. The molecule has 5 heteroatoms. The van der Waals surface area contributed by atoms with Gasteiger partial charge in [-0.2, -0.15) is 0 Å². The largest absolute Gasteiger partial charge is 0.331 e. The van der Waals surface area contributed by atoms with Crippen molar-refractivity contribution in [1.29, 1.82) is 0 Å². The maximum Gasteiger partial charge on any atom is 0.255 e. The van der Waals surface area contributed by atoms with E-state index in [4.69, 9.17) is 0 Å². The Bertz CT molecular complexity index is 456. The van der Waals surface area contributed by atoms with E-state index >= 15 is 0 Å². The Morgan fingerprint density at radius 3 is 2.61 bits per heavy atom. The third kappa shape index (κ3) is 2.88. The first-order chi connectivity index (χ1) is 8.50. The third-order valence-electron chi connectivity index (χ3n) is 3.22. The molecule has 18 heavy (non-hydrogen) atoms. The van der Waals surface area contributed by atoms with E-state index in [1.165, 1.54) is 0 Å². The number of benzene rings is 1. The summed E-state index contributed by atoms with van der Waals surface area (Å²) in [6.45, 7) is 5.89. The number of halogens is 2. The average Bonchev–Trinajstić information content (AvgIpc) is 2.32. The number of nitrogens with one attached hydrogen (secondary N) is 1. The molecule has 0 aliphatic carbocycles. The molecular weight excluding hydrogens is 407 g/mol. The molecule has 1 amide bonds. The first-order valence-electron chi connectivity index (χ1n) is 5.99. The van der Waals surface area contributed by atoms with Crippen molar-refractivity contribution in [1.82, 2.24) is 10.2 Å².